The molecular weight excluding hydrogens is 346 g/mol. The zero-order valence-corrected chi connectivity index (χ0v) is 16.3. The maximum absolute atomic E-state index is 13.3. The van der Waals surface area contributed by atoms with Gasteiger partial charge in [0.25, 0.3) is 0 Å². The van der Waals surface area contributed by atoms with Gasteiger partial charge >= 0.3 is 0 Å². The van der Waals surface area contributed by atoms with Crippen molar-refractivity contribution >= 4 is 5.78 Å². The zero-order chi connectivity index (χ0) is 19.5. The lowest BCUT2D eigenvalue weighted by Gasteiger charge is -2.34. The molecule has 1 fully saturated rings. The topological polar surface area (TPSA) is 75.5 Å². The maximum Gasteiger partial charge on any atom is 0.168 e. The van der Waals surface area contributed by atoms with Crippen LogP contribution in [-0.4, -0.2) is 46.2 Å². The molecule has 0 bridgehead atoms. The number of nitrogens with zero attached hydrogens (tertiary/aromatic N) is 3. The molecule has 0 saturated carbocycles. The Labute approximate surface area is 159 Å². The molecule has 146 valence electrons. The molecule has 7 heteroatoms. The second-order valence-electron chi connectivity index (χ2n) is 8.19. The smallest absolute Gasteiger partial charge is 0.168 e. The van der Waals surface area contributed by atoms with E-state index in [4.69, 9.17) is 14.2 Å². The highest BCUT2D eigenvalue weighted by molar-refractivity contribution is 5.88. The summed E-state index contributed by atoms with van der Waals surface area (Å²) in [4.78, 5) is 17.3. The molecule has 0 amide bonds. The third-order valence-corrected chi connectivity index (χ3v) is 4.44. The molecule has 7 nitrogen and oxygen atoms in total. The highest BCUT2D eigenvalue weighted by Crippen LogP contribution is 2.30. The van der Waals surface area contributed by atoms with Crippen LogP contribution in [0.25, 0.3) is 0 Å². The lowest BCUT2D eigenvalue weighted by Crippen LogP contribution is -2.45. The largest absolute Gasteiger partial charge is 0.488 e. The molecule has 1 aromatic carbocycles. The van der Waals surface area contributed by atoms with Gasteiger partial charge in [0.1, 0.15) is 36.8 Å². The number of ketones is 1. The van der Waals surface area contributed by atoms with Crippen LogP contribution in [-0.2, 0) is 20.7 Å². The molecule has 0 N–H and O–H groups in total. The Morgan fingerprint density at radius 3 is 2.48 bits per heavy atom. The van der Waals surface area contributed by atoms with Crippen LogP contribution in [0.2, 0.25) is 0 Å². The Hall–Kier alpha value is -2.25. The van der Waals surface area contributed by atoms with Crippen molar-refractivity contribution in [3.8, 4) is 5.75 Å². The Balaban J connectivity index is 1.79. The molecule has 1 aromatic heterocycles. The zero-order valence-electron chi connectivity index (χ0n) is 16.3. The van der Waals surface area contributed by atoms with Crippen molar-refractivity contribution < 1.29 is 19.0 Å². The Kier molecular flexibility index (Phi) is 5.62. The SMILES string of the molecule is CC(C)(C)Oc1ccc(CC(C(=O)C2(C)COCOC2)n2cncn2)cc1. The summed E-state index contributed by atoms with van der Waals surface area (Å²) < 4.78 is 18.2. The van der Waals surface area contributed by atoms with Crippen LogP contribution in [0.5, 0.6) is 5.75 Å². The number of rotatable bonds is 6. The third kappa shape index (κ3) is 4.93. The second kappa shape index (κ2) is 7.78. The van der Waals surface area contributed by atoms with Crippen LogP contribution >= 0.6 is 0 Å². The summed E-state index contributed by atoms with van der Waals surface area (Å²) in [6.07, 6.45) is 3.53. The van der Waals surface area contributed by atoms with Crippen molar-refractivity contribution in [2.75, 3.05) is 20.0 Å². The summed E-state index contributed by atoms with van der Waals surface area (Å²) in [5, 5.41) is 4.20. The molecule has 0 aliphatic carbocycles. The minimum Gasteiger partial charge on any atom is -0.488 e. The van der Waals surface area contributed by atoms with Gasteiger partial charge in [-0.1, -0.05) is 12.1 Å². The van der Waals surface area contributed by atoms with Gasteiger partial charge in [0, 0.05) is 6.42 Å². The quantitative estimate of drug-likeness (QED) is 0.775. The fourth-order valence-corrected chi connectivity index (χ4v) is 3.13. The number of aromatic nitrogens is 3. The van der Waals surface area contributed by atoms with Gasteiger partial charge in [-0.2, -0.15) is 5.10 Å². The average molecular weight is 373 g/mol. The second-order valence-corrected chi connectivity index (χ2v) is 8.19. The number of hydrogen-bond donors (Lipinski definition) is 0. The summed E-state index contributed by atoms with van der Waals surface area (Å²) in [7, 11) is 0. The molecule has 2 aromatic rings. The predicted molar refractivity (Wildman–Crippen MR) is 99.5 cm³/mol. The van der Waals surface area contributed by atoms with Crippen LogP contribution in [0.15, 0.2) is 36.9 Å². The fourth-order valence-electron chi connectivity index (χ4n) is 3.13. The summed E-state index contributed by atoms with van der Waals surface area (Å²) in [6, 6.07) is 7.34. The van der Waals surface area contributed by atoms with E-state index in [0.717, 1.165) is 11.3 Å². The minimum absolute atomic E-state index is 0.0303. The van der Waals surface area contributed by atoms with Crippen molar-refractivity contribution in [1.29, 1.82) is 0 Å². The molecule has 0 radical (unpaired) electrons. The third-order valence-electron chi connectivity index (χ3n) is 4.44. The molecule has 1 aliphatic heterocycles. The highest BCUT2D eigenvalue weighted by Gasteiger charge is 2.41. The first-order chi connectivity index (χ1) is 12.8. The first-order valence-electron chi connectivity index (χ1n) is 9.09. The van der Waals surface area contributed by atoms with E-state index in [1.165, 1.54) is 6.33 Å². The van der Waals surface area contributed by atoms with Crippen LogP contribution in [0.1, 0.15) is 39.3 Å². The molecule has 1 saturated heterocycles. The van der Waals surface area contributed by atoms with E-state index in [2.05, 4.69) is 10.1 Å². The van der Waals surface area contributed by atoms with Crippen molar-refractivity contribution in [3.63, 3.8) is 0 Å². The Bertz CT molecular complexity index is 745. The van der Waals surface area contributed by atoms with Gasteiger partial charge in [-0.05, 0) is 45.4 Å². The number of carbonyl (C=O) groups is 1. The number of ether oxygens (including phenoxy) is 3. The minimum atomic E-state index is -0.704. The summed E-state index contributed by atoms with van der Waals surface area (Å²) >= 11 is 0. The average Bonchev–Trinajstić information content (AvgIpc) is 3.14. The summed E-state index contributed by atoms with van der Waals surface area (Å²) in [6.45, 7) is 8.82. The van der Waals surface area contributed by atoms with Crippen molar-refractivity contribution in [2.24, 2.45) is 5.41 Å². The molecule has 0 spiro atoms. The fraction of sp³-hybridized carbons (Fsp3) is 0.550. The number of Topliss-reactive ketones (excluding diaryl/α,β-unsaturated/α-hetero) is 1. The van der Waals surface area contributed by atoms with E-state index >= 15 is 0 Å². The lowest BCUT2D eigenvalue weighted by molar-refractivity contribution is -0.174. The van der Waals surface area contributed by atoms with Crippen LogP contribution in [0, 0.1) is 5.41 Å². The monoisotopic (exact) mass is 373 g/mol. The normalized spacial score (nSPS) is 18.1. The number of carbonyl (C=O) groups excluding carboxylic acids is 1. The van der Waals surface area contributed by atoms with E-state index < -0.39 is 11.5 Å². The van der Waals surface area contributed by atoms with E-state index in [9.17, 15) is 4.79 Å². The predicted octanol–water partition coefficient (Wildman–Crippen LogP) is 2.82. The molecule has 1 atom stereocenters. The molecular formula is C20H27N3O4. The van der Waals surface area contributed by atoms with E-state index in [0.29, 0.717) is 19.6 Å². The van der Waals surface area contributed by atoms with E-state index in [1.807, 2.05) is 52.0 Å². The maximum atomic E-state index is 13.3. The molecule has 3 rings (SSSR count). The van der Waals surface area contributed by atoms with Crippen LogP contribution in [0.4, 0.5) is 0 Å². The lowest BCUT2D eigenvalue weighted by atomic mass is 9.81. The summed E-state index contributed by atoms with van der Waals surface area (Å²) in [5.74, 6) is 0.832. The van der Waals surface area contributed by atoms with Gasteiger partial charge in [0.05, 0.1) is 18.6 Å². The van der Waals surface area contributed by atoms with Crippen molar-refractivity contribution in [1.82, 2.24) is 14.8 Å². The Morgan fingerprint density at radius 1 is 1.26 bits per heavy atom. The van der Waals surface area contributed by atoms with Gasteiger partial charge < -0.3 is 14.2 Å². The molecule has 27 heavy (non-hydrogen) atoms. The van der Waals surface area contributed by atoms with Gasteiger partial charge in [-0.3, -0.25) is 4.79 Å². The number of benzene rings is 1. The summed E-state index contributed by atoms with van der Waals surface area (Å²) in [5.41, 5.74) is 0.0619. The van der Waals surface area contributed by atoms with Crippen molar-refractivity contribution in [3.05, 3.63) is 42.5 Å². The van der Waals surface area contributed by atoms with E-state index in [-0.39, 0.29) is 18.2 Å². The first-order valence-corrected chi connectivity index (χ1v) is 9.09. The first kappa shape index (κ1) is 19.5. The van der Waals surface area contributed by atoms with Gasteiger partial charge in [-0.25, -0.2) is 9.67 Å². The van der Waals surface area contributed by atoms with E-state index in [1.54, 1.807) is 11.0 Å². The molecule has 1 aliphatic rings. The standard InChI is InChI=1S/C20H27N3O4/c1-19(2,3)27-16-7-5-15(6-8-16)9-17(23-13-21-12-22-23)18(24)20(4)10-25-14-26-11-20/h5-8,12-13,17H,9-11,14H2,1-4H3. The van der Waals surface area contributed by atoms with Gasteiger partial charge in [0.2, 0.25) is 0 Å². The Morgan fingerprint density at radius 2 is 1.93 bits per heavy atom. The molecule has 1 unspecified atom stereocenters. The van der Waals surface area contributed by atoms with Gasteiger partial charge in [-0.15, -0.1) is 0 Å². The number of hydrogen-bond acceptors (Lipinski definition) is 6. The van der Waals surface area contributed by atoms with Gasteiger partial charge in [0.15, 0.2) is 5.78 Å². The molecule has 2 heterocycles. The highest BCUT2D eigenvalue weighted by atomic mass is 16.7. The van der Waals surface area contributed by atoms with Crippen LogP contribution < -0.4 is 4.74 Å². The van der Waals surface area contributed by atoms with Crippen molar-refractivity contribution in [2.45, 2.75) is 45.8 Å². The van der Waals surface area contributed by atoms with Crippen LogP contribution in [0.3, 0.4) is 0 Å².